The predicted octanol–water partition coefficient (Wildman–Crippen LogP) is 2.25. The van der Waals surface area contributed by atoms with Gasteiger partial charge in [0.15, 0.2) is 5.58 Å². The van der Waals surface area contributed by atoms with Crippen LogP contribution in [0.3, 0.4) is 0 Å². The minimum atomic E-state index is -3.89. The molecule has 0 bridgehead atoms. The molecular formula is C16H16N2O5S. The first-order valence-corrected chi connectivity index (χ1v) is 8.60. The van der Waals surface area contributed by atoms with E-state index in [4.69, 9.17) is 4.42 Å². The summed E-state index contributed by atoms with van der Waals surface area (Å²) in [5.74, 6) is -0.522. The van der Waals surface area contributed by atoms with E-state index in [9.17, 15) is 18.3 Å². The Kier molecular flexibility index (Phi) is 3.64. The molecule has 0 spiro atoms. The van der Waals surface area contributed by atoms with Gasteiger partial charge in [-0.1, -0.05) is 6.07 Å². The van der Waals surface area contributed by atoms with E-state index in [2.05, 4.69) is 4.72 Å². The lowest BCUT2D eigenvalue weighted by Crippen LogP contribution is -2.14. The molecule has 0 unspecified atom stereocenters. The summed E-state index contributed by atoms with van der Waals surface area (Å²) in [4.78, 5) is 11.5. The Hall–Kier alpha value is -2.74. The first kappa shape index (κ1) is 16.1. The average Bonchev–Trinajstić information content (AvgIpc) is 2.82. The van der Waals surface area contributed by atoms with Crippen molar-refractivity contribution >= 4 is 26.8 Å². The molecule has 0 atom stereocenters. The van der Waals surface area contributed by atoms with Crippen LogP contribution in [0.5, 0.6) is 5.75 Å². The van der Waals surface area contributed by atoms with Crippen LogP contribution in [-0.2, 0) is 17.1 Å². The van der Waals surface area contributed by atoms with Gasteiger partial charge in [0.05, 0.1) is 16.1 Å². The molecule has 0 saturated heterocycles. The summed E-state index contributed by atoms with van der Waals surface area (Å²) in [6.45, 7) is 3.35. The van der Waals surface area contributed by atoms with Crippen LogP contribution in [-0.4, -0.2) is 18.1 Å². The van der Waals surface area contributed by atoms with Gasteiger partial charge in [-0.15, -0.1) is 0 Å². The van der Waals surface area contributed by atoms with Gasteiger partial charge in [-0.25, -0.2) is 13.2 Å². The van der Waals surface area contributed by atoms with Crippen molar-refractivity contribution in [2.45, 2.75) is 18.7 Å². The van der Waals surface area contributed by atoms with Gasteiger partial charge in [-0.3, -0.25) is 9.29 Å². The molecule has 0 radical (unpaired) electrons. The maximum absolute atomic E-state index is 12.6. The number of rotatable bonds is 3. The second-order valence-electron chi connectivity index (χ2n) is 5.57. The lowest BCUT2D eigenvalue weighted by molar-refractivity contribution is 0.467. The molecule has 3 rings (SSSR count). The van der Waals surface area contributed by atoms with E-state index in [1.807, 2.05) is 0 Å². The Balaban J connectivity index is 2.05. The second-order valence-corrected chi connectivity index (χ2v) is 7.25. The number of sulfonamides is 1. The number of phenolic OH excluding ortho intramolecular Hbond substituents is 1. The molecule has 0 saturated carbocycles. The van der Waals surface area contributed by atoms with Gasteiger partial charge in [0, 0.05) is 18.7 Å². The normalized spacial score (nSPS) is 11.8. The number of nitrogens with one attached hydrogen (secondary N) is 1. The summed E-state index contributed by atoms with van der Waals surface area (Å²) >= 11 is 0. The first-order chi connectivity index (χ1) is 11.2. The fourth-order valence-corrected chi connectivity index (χ4v) is 3.57. The molecular weight excluding hydrogens is 332 g/mol. The van der Waals surface area contributed by atoms with Crippen molar-refractivity contribution in [3.05, 3.63) is 52.0 Å². The summed E-state index contributed by atoms with van der Waals surface area (Å²) in [6, 6.07) is 7.41. The highest BCUT2D eigenvalue weighted by atomic mass is 32.2. The van der Waals surface area contributed by atoms with Gasteiger partial charge in [0.2, 0.25) is 0 Å². The number of benzene rings is 2. The Bertz CT molecular complexity index is 1110. The highest BCUT2D eigenvalue weighted by Crippen LogP contribution is 2.30. The fraction of sp³-hybridized carbons (Fsp3) is 0.188. The number of hydrogen-bond acceptors (Lipinski definition) is 5. The van der Waals surface area contributed by atoms with Crippen LogP contribution in [0, 0.1) is 13.8 Å². The second kappa shape index (κ2) is 5.41. The zero-order valence-electron chi connectivity index (χ0n) is 13.3. The number of aryl methyl sites for hydroxylation is 2. The summed E-state index contributed by atoms with van der Waals surface area (Å²) < 4.78 is 33.9. The number of phenols is 1. The fourth-order valence-electron chi connectivity index (χ4n) is 2.43. The Morgan fingerprint density at radius 1 is 1.17 bits per heavy atom. The van der Waals surface area contributed by atoms with E-state index in [0.29, 0.717) is 16.6 Å². The van der Waals surface area contributed by atoms with Crippen LogP contribution in [0.15, 0.2) is 44.4 Å². The number of aromatic nitrogens is 1. The van der Waals surface area contributed by atoms with Crippen molar-refractivity contribution in [1.29, 1.82) is 0 Å². The summed E-state index contributed by atoms with van der Waals surface area (Å²) in [5.41, 5.74) is 2.07. The molecule has 1 heterocycles. The van der Waals surface area contributed by atoms with E-state index >= 15 is 0 Å². The summed E-state index contributed by atoms with van der Waals surface area (Å²) in [5, 5.41) is 9.94. The quantitative estimate of drug-likeness (QED) is 0.756. The molecule has 0 aliphatic carbocycles. The molecule has 8 heteroatoms. The maximum Gasteiger partial charge on any atom is 0.419 e. The van der Waals surface area contributed by atoms with Crippen LogP contribution in [0.25, 0.3) is 11.1 Å². The van der Waals surface area contributed by atoms with Crippen molar-refractivity contribution in [1.82, 2.24) is 4.57 Å². The number of aromatic hydroxyl groups is 1. The third-order valence-corrected chi connectivity index (χ3v) is 5.31. The Morgan fingerprint density at radius 2 is 1.88 bits per heavy atom. The number of fused-ring (bicyclic) bond motifs is 1. The van der Waals surface area contributed by atoms with Gasteiger partial charge in [-0.2, -0.15) is 0 Å². The smallest absolute Gasteiger partial charge is 0.419 e. The van der Waals surface area contributed by atoms with Crippen molar-refractivity contribution < 1.29 is 17.9 Å². The highest BCUT2D eigenvalue weighted by Gasteiger charge is 2.19. The van der Waals surface area contributed by atoms with Crippen molar-refractivity contribution in [3.8, 4) is 5.75 Å². The number of hydrogen-bond donors (Lipinski definition) is 2. The van der Waals surface area contributed by atoms with Crippen LogP contribution in [0.4, 0.5) is 5.69 Å². The number of anilines is 1. The molecule has 0 aliphatic heterocycles. The standard InChI is InChI=1S/C16H16N2O5S/c1-9-4-6-12(10(2)15(9)19)17-24(21,22)11-5-7-13-14(8-11)23-16(20)18(13)3/h4-8,17,19H,1-3H3. The highest BCUT2D eigenvalue weighted by molar-refractivity contribution is 7.92. The predicted molar refractivity (Wildman–Crippen MR) is 89.8 cm³/mol. The van der Waals surface area contributed by atoms with Crippen molar-refractivity contribution in [2.24, 2.45) is 7.05 Å². The largest absolute Gasteiger partial charge is 0.507 e. The van der Waals surface area contributed by atoms with Crippen molar-refractivity contribution in [3.63, 3.8) is 0 Å². The molecule has 2 N–H and O–H groups in total. The Morgan fingerprint density at radius 3 is 2.58 bits per heavy atom. The van der Waals surface area contributed by atoms with E-state index in [1.165, 1.54) is 22.8 Å². The lowest BCUT2D eigenvalue weighted by Gasteiger charge is -2.13. The van der Waals surface area contributed by atoms with Crippen LogP contribution in [0.2, 0.25) is 0 Å². The molecule has 2 aromatic carbocycles. The van der Waals surface area contributed by atoms with Gasteiger partial charge in [-0.05, 0) is 37.6 Å². The molecule has 0 amide bonds. The molecule has 1 aromatic heterocycles. The molecule has 0 aliphatic rings. The van der Waals surface area contributed by atoms with Crippen molar-refractivity contribution in [2.75, 3.05) is 4.72 Å². The van der Waals surface area contributed by atoms with E-state index in [0.717, 1.165) is 0 Å². The molecule has 7 nitrogen and oxygen atoms in total. The Labute approximate surface area is 138 Å². The molecule has 24 heavy (non-hydrogen) atoms. The zero-order chi connectivity index (χ0) is 17.6. The monoisotopic (exact) mass is 348 g/mol. The average molecular weight is 348 g/mol. The summed E-state index contributed by atoms with van der Waals surface area (Å²) in [6.07, 6.45) is 0. The lowest BCUT2D eigenvalue weighted by atomic mass is 10.1. The first-order valence-electron chi connectivity index (χ1n) is 7.12. The number of oxazole rings is 1. The van der Waals surface area contributed by atoms with Gasteiger partial charge >= 0.3 is 5.76 Å². The molecule has 3 aromatic rings. The van der Waals surface area contributed by atoms with E-state index in [1.54, 1.807) is 33.0 Å². The van der Waals surface area contributed by atoms with E-state index in [-0.39, 0.29) is 21.9 Å². The third kappa shape index (κ3) is 2.54. The minimum Gasteiger partial charge on any atom is -0.507 e. The minimum absolute atomic E-state index is 0.0381. The van der Waals surface area contributed by atoms with Crippen LogP contribution in [0.1, 0.15) is 11.1 Å². The van der Waals surface area contributed by atoms with Crippen LogP contribution < -0.4 is 10.5 Å². The number of nitrogens with zero attached hydrogens (tertiary/aromatic N) is 1. The van der Waals surface area contributed by atoms with E-state index < -0.39 is 15.8 Å². The molecule has 0 fully saturated rings. The molecule has 126 valence electrons. The van der Waals surface area contributed by atoms with Gasteiger partial charge < -0.3 is 9.52 Å². The summed E-state index contributed by atoms with van der Waals surface area (Å²) in [7, 11) is -2.35. The van der Waals surface area contributed by atoms with Gasteiger partial charge in [0.1, 0.15) is 5.75 Å². The third-order valence-electron chi connectivity index (χ3n) is 3.95. The van der Waals surface area contributed by atoms with Gasteiger partial charge in [0.25, 0.3) is 10.0 Å². The topological polar surface area (TPSA) is 102 Å². The van der Waals surface area contributed by atoms with Crippen LogP contribution >= 0.6 is 0 Å². The maximum atomic E-state index is 12.6. The SMILES string of the molecule is Cc1ccc(NS(=O)(=O)c2ccc3c(c2)oc(=O)n3C)c(C)c1O. The zero-order valence-corrected chi connectivity index (χ0v) is 14.1.